The quantitative estimate of drug-likeness (QED) is 0.147. The fourth-order valence-corrected chi connectivity index (χ4v) is 12.6. The topological polar surface area (TPSA) is 58.9 Å². The monoisotopic (exact) mass is 893 g/mol. The lowest BCUT2D eigenvalue weighted by Crippen LogP contribution is -2.30. The van der Waals surface area contributed by atoms with E-state index in [1.165, 1.54) is 109 Å². The number of aryl methyl sites for hydroxylation is 4. The van der Waals surface area contributed by atoms with Crippen LogP contribution in [0.2, 0.25) is 0 Å². The van der Waals surface area contributed by atoms with Crippen LogP contribution in [0.4, 0.5) is 0 Å². The molecule has 0 spiro atoms. The van der Waals surface area contributed by atoms with Gasteiger partial charge >= 0.3 is 0 Å². The summed E-state index contributed by atoms with van der Waals surface area (Å²) in [5, 5.41) is 24.8. The van der Waals surface area contributed by atoms with Crippen molar-refractivity contribution in [1.82, 2.24) is 0 Å². The molecule has 67 heavy (non-hydrogen) atoms. The molecule has 10 rings (SSSR count). The zero-order valence-corrected chi connectivity index (χ0v) is 40.4. The van der Waals surface area contributed by atoms with Gasteiger partial charge in [-0.05, 0) is 239 Å². The molecule has 5 aliphatic carbocycles. The van der Waals surface area contributed by atoms with Crippen LogP contribution in [0.1, 0.15) is 148 Å². The van der Waals surface area contributed by atoms with Crippen molar-refractivity contribution < 1.29 is 19.7 Å². The number of rotatable bonds is 10. The minimum Gasteiger partial charge on any atom is -0.507 e. The van der Waals surface area contributed by atoms with E-state index in [1.807, 2.05) is 6.07 Å². The number of hydrogen-bond acceptors (Lipinski definition) is 4. The lowest BCUT2D eigenvalue weighted by Gasteiger charge is -2.32. The van der Waals surface area contributed by atoms with Crippen LogP contribution < -0.4 is 9.47 Å². The molecule has 2 saturated carbocycles. The van der Waals surface area contributed by atoms with Gasteiger partial charge < -0.3 is 19.7 Å². The number of allylic oxidation sites excluding steroid dienone is 5. The van der Waals surface area contributed by atoms with E-state index in [9.17, 15) is 10.2 Å². The van der Waals surface area contributed by atoms with Crippen molar-refractivity contribution in [3.63, 3.8) is 0 Å². The summed E-state index contributed by atoms with van der Waals surface area (Å²) >= 11 is 0. The maximum absolute atomic E-state index is 12.4. The molecule has 4 heteroatoms. The number of phenols is 2. The third kappa shape index (κ3) is 9.52. The Hall–Kier alpha value is -5.48. The van der Waals surface area contributed by atoms with Gasteiger partial charge in [0.25, 0.3) is 0 Å². The number of fused-ring (bicyclic) bond motifs is 3. The van der Waals surface area contributed by atoms with Crippen molar-refractivity contribution >= 4 is 5.57 Å². The van der Waals surface area contributed by atoms with E-state index in [1.54, 1.807) is 0 Å². The van der Waals surface area contributed by atoms with Crippen LogP contribution in [0.5, 0.6) is 23.0 Å². The average molecular weight is 893 g/mol. The Labute approximate surface area is 400 Å². The molecular weight excluding hydrogens is 821 g/mol. The highest BCUT2D eigenvalue weighted by atomic mass is 16.5. The molecule has 5 aliphatic rings. The molecule has 0 bridgehead atoms. The molecule has 2 N–H and O–H groups in total. The second-order valence-electron chi connectivity index (χ2n) is 20.8. The second-order valence-corrected chi connectivity index (χ2v) is 20.8. The Bertz CT molecular complexity index is 2680. The largest absolute Gasteiger partial charge is 0.507 e. The Morgan fingerprint density at radius 2 is 1.01 bits per heavy atom. The van der Waals surface area contributed by atoms with E-state index < -0.39 is 0 Å². The normalized spacial score (nSPS) is 20.8. The summed E-state index contributed by atoms with van der Waals surface area (Å²) in [4.78, 5) is 0. The lowest BCUT2D eigenvalue weighted by atomic mass is 9.76. The maximum Gasteiger partial charge on any atom is 0.131 e. The van der Waals surface area contributed by atoms with E-state index in [0.717, 1.165) is 132 Å². The fourth-order valence-electron chi connectivity index (χ4n) is 12.6. The molecule has 0 radical (unpaired) electrons. The Morgan fingerprint density at radius 1 is 0.507 bits per heavy atom. The SMILES string of the molecule is C=C1CCCCC/C=C2/CCCCC2=C1c1cc(C)cc(-c2ccccc2OCC2CCCC[C@@H]2COc2ccccc2-c2cc(C)cc(-c3c4c(cc5c3CCCC5)CCCC4)c2O)c1O. The van der Waals surface area contributed by atoms with Gasteiger partial charge in [0.05, 0.1) is 13.2 Å². The van der Waals surface area contributed by atoms with Gasteiger partial charge in [-0.2, -0.15) is 0 Å². The first-order chi connectivity index (χ1) is 32.8. The highest BCUT2D eigenvalue weighted by molar-refractivity contribution is 5.91. The Morgan fingerprint density at radius 3 is 1.64 bits per heavy atom. The van der Waals surface area contributed by atoms with E-state index in [2.05, 4.69) is 99.3 Å². The maximum atomic E-state index is 12.4. The molecule has 4 nitrogen and oxygen atoms in total. The van der Waals surface area contributed by atoms with Gasteiger partial charge in [0, 0.05) is 33.4 Å². The van der Waals surface area contributed by atoms with Crippen LogP contribution in [0.3, 0.4) is 0 Å². The predicted molar refractivity (Wildman–Crippen MR) is 277 cm³/mol. The molecule has 5 aromatic carbocycles. The number of para-hydroxylation sites is 2. The summed E-state index contributed by atoms with van der Waals surface area (Å²) in [6, 6.07) is 27.8. The summed E-state index contributed by atoms with van der Waals surface area (Å²) in [6.07, 6.45) is 26.6. The third-order valence-corrected chi connectivity index (χ3v) is 16.1. The Kier molecular flexibility index (Phi) is 13.8. The number of phenolic OH excluding ortho intramolecular Hbond substituents is 2. The minimum atomic E-state index is 0.319. The summed E-state index contributed by atoms with van der Waals surface area (Å²) < 4.78 is 13.8. The van der Waals surface area contributed by atoms with Gasteiger partial charge in [-0.25, -0.2) is 0 Å². The van der Waals surface area contributed by atoms with Gasteiger partial charge in [-0.3, -0.25) is 0 Å². The first kappa shape index (κ1) is 45.3. The number of aromatic hydroxyl groups is 2. The van der Waals surface area contributed by atoms with Crippen molar-refractivity contribution in [2.45, 2.75) is 149 Å². The molecule has 348 valence electrons. The van der Waals surface area contributed by atoms with Crippen LogP contribution >= 0.6 is 0 Å². The molecule has 0 amide bonds. The molecule has 5 aromatic rings. The first-order valence-corrected chi connectivity index (χ1v) is 26.2. The molecule has 1 unspecified atom stereocenters. The van der Waals surface area contributed by atoms with Crippen LogP contribution in [-0.2, 0) is 25.7 Å². The summed E-state index contributed by atoms with van der Waals surface area (Å²) in [5.41, 5.74) is 20.1. The van der Waals surface area contributed by atoms with Gasteiger partial charge in [0.15, 0.2) is 0 Å². The summed E-state index contributed by atoms with van der Waals surface area (Å²) in [7, 11) is 0. The lowest BCUT2D eigenvalue weighted by molar-refractivity contribution is 0.105. The molecule has 0 aromatic heterocycles. The van der Waals surface area contributed by atoms with E-state index >= 15 is 0 Å². The van der Waals surface area contributed by atoms with E-state index in [4.69, 9.17) is 9.47 Å². The predicted octanol–water partition coefficient (Wildman–Crippen LogP) is 16.5. The van der Waals surface area contributed by atoms with Gasteiger partial charge in [-0.1, -0.05) is 74.4 Å². The molecule has 0 saturated heterocycles. The van der Waals surface area contributed by atoms with Crippen molar-refractivity contribution in [2.75, 3.05) is 13.2 Å². The van der Waals surface area contributed by atoms with Gasteiger partial charge in [-0.15, -0.1) is 0 Å². The van der Waals surface area contributed by atoms with Gasteiger partial charge in [0.1, 0.15) is 23.0 Å². The molecule has 2 atom stereocenters. The van der Waals surface area contributed by atoms with E-state index in [-0.39, 0.29) is 0 Å². The zero-order chi connectivity index (χ0) is 45.9. The minimum absolute atomic E-state index is 0.319. The zero-order valence-electron chi connectivity index (χ0n) is 40.4. The standard InChI is InChI=1S/C63H72O4/c1-41-34-54(62(64)56(36-41)60-43(3)20-6-4-5-7-21-44-22-10-13-27-49(44)60)52-30-16-18-32-58(52)66-39-47-25-8-9-26-48(47)40-67-59-33-19-17-31-53(59)55-35-42(2)37-57(63(55)65)61-50-28-14-11-23-45(50)38-46-24-12-15-29-51(46)61/h16-19,21,30-38,47-48,64-65H,3-15,20,22-29,39-40H2,1-2H3/b44-21-,60-49?/t47?,48-/m1/s1. The number of benzene rings is 5. The molecule has 2 fully saturated rings. The molecule has 0 heterocycles. The van der Waals surface area contributed by atoms with Crippen molar-refractivity contribution in [2.24, 2.45) is 11.8 Å². The van der Waals surface area contributed by atoms with Crippen LogP contribution in [0, 0.1) is 25.7 Å². The van der Waals surface area contributed by atoms with Gasteiger partial charge in [0.2, 0.25) is 0 Å². The second kappa shape index (κ2) is 20.4. The Balaban J connectivity index is 0.906. The number of ether oxygens (including phenoxy) is 2. The smallest absolute Gasteiger partial charge is 0.131 e. The average Bonchev–Trinajstić information content (AvgIpc) is 3.35. The van der Waals surface area contributed by atoms with Crippen molar-refractivity contribution in [3.8, 4) is 56.4 Å². The fraction of sp³-hybridized carbons (Fsp3) is 0.429. The highest BCUT2D eigenvalue weighted by Gasteiger charge is 2.30. The third-order valence-electron chi connectivity index (χ3n) is 16.1. The van der Waals surface area contributed by atoms with Crippen LogP contribution in [-0.4, -0.2) is 23.4 Å². The van der Waals surface area contributed by atoms with Crippen molar-refractivity contribution in [3.05, 3.63) is 147 Å². The van der Waals surface area contributed by atoms with Crippen LogP contribution in [0.15, 0.2) is 108 Å². The summed E-state index contributed by atoms with van der Waals surface area (Å²) in [5.74, 6) is 2.96. The molecular formula is C63H72O4. The number of hydrogen-bond donors (Lipinski definition) is 2. The molecule has 0 aliphatic heterocycles. The highest BCUT2D eigenvalue weighted by Crippen LogP contribution is 2.50. The van der Waals surface area contributed by atoms with E-state index in [0.29, 0.717) is 36.5 Å². The van der Waals surface area contributed by atoms with Crippen molar-refractivity contribution in [1.29, 1.82) is 0 Å². The summed E-state index contributed by atoms with van der Waals surface area (Å²) in [6.45, 7) is 10.2. The van der Waals surface area contributed by atoms with Crippen LogP contribution in [0.25, 0.3) is 39.0 Å². The first-order valence-electron chi connectivity index (χ1n) is 26.2.